The predicted molar refractivity (Wildman–Crippen MR) is 103 cm³/mol. The van der Waals surface area contributed by atoms with E-state index in [-0.39, 0.29) is 26.1 Å². The number of carbonyl (C=O) groups is 2. The maximum Gasteiger partial charge on any atom is 0.324 e. The number of rotatable bonds is 7. The van der Waals surface area contributed by atoms with Gasteiger partial charge in [0.05, 0.1) is 13.2 Å². The average Bonchev–Trinajstić information content (AvgIpc) is 2.59. The Hall–Kier alpha value is -2.25. The van der Waals surface area contributed by atoms with Gasteiger partial charge in [-0.1, -0.05) is 35.1 Å². The molecule has 0 heterocycles. The second-order valence-corrected chi connectivity index (χ2v) is 6.43. The van der Waals surface area contributed by atoms with Crippen LogP contribution < -0.4 is 0 Å². The smallest absolute Gasteiger partial charge is 0.324 e. The molecule has 0 atom stereocenters. The van der Waals surface area contributed by atoms with Crippen molar-refractivity contribution in [1.82, 2.24) is 0 Å². The van der Waals surface area contributed by atoms with E-state index in [0.717, 1.165) is 11.1 Å². The lowest BCUT2D eigenvalue weighted by atomic mass is 9.80. The SMILES string of the molecule is CCOC(=O)C(CC#Cc1ccc(Cl)cc1)(CC=C(C)C)C(=O)OCC. The Balaban J connectivity index is 3.22. The van der Waals surface area contributed by atoms with Gasteiger partial charge in [0.25, 0.3) is 0 Å². The Labute approximate surface area is 160 Å². The fourth-order valence-electron chi connectivity index (χ4n) is 2.21. The molecule has 1 aromatic rings. The van der Waals surface area contributed by atoms with Gasteiger partial charge in [-0.25, -0.2) is 0 Å². The minimum atomic E-state index is -1.47. The van der Waals surface area contributed by atoms with Gasteiger partial charge in [-0.3, -0.25) is 9.59 Å². The van der Waals surface area contributed by atoms with Crippen LogP contribution in [0.25, 0.3) is 0 Å². The molecule has 0 bridgehead atoms. The lowest BCUT2D eigenvalue weighted by molar-refractivity contribution is -0.171. The monoisotopic (exact) mass is 376 g/mol. The van der Waals surface area contributed by atoms with Crippen LogP contribution in [-0.2, 0) is 19.1 Å². The van der Waals surface area contributed by atoms with E-state index >= 15 is 0 Å². The van der Waals surface area contributed by atoms with Gasteiger partial charge in [-0.15, -0.1) is 0 Å². The number of allylic oxidation sites excluding steroid dienone is 2. The largest absolute Gasteiger partial charge is 0.465 e. The summed E-state index contributed by atoms with van der Waals surface area (Å²) < 4.78 is 10.3. The first-order valence-corrected chi connectivity index (χ1v) is 8.95. The first-order valence-electron chi connectivity index (χ1n) is 8.58. The summed E-state index contributed by atoms with van der Waals surface area (Å²) in [6.45, 7) is 7.57. The van der Waals surface area contributed by atoms with Crippen LogP contribution in [0.1, 0.15) is 46.1 Å². The van der Waals surface area contributed by atoms with Crippen molar-refractivity contribution in [3.8, 4) is 11.8 Å². The first kappa shape index (κ1) is 21.8. The van der Waals surface area contributed by atoms with E-state index in [1.54, 1.807) is 38.1 Å². The molecule has 5 heteroatoms. The highest BCUT2D eigenvalue weighted by atomic mass is 35.5. The van der Waals surface area contributed by atoms with Crippen LogP contribution in [0, 0.1) is 17.3 Å². The van der Waals surface area contributed by atoms with Crippen LogP contribution >= 0.6 is 11.6 Å². The molecule has 0 aliphatic heterocycles. The second kappa shape index (κ2) is 10.7. The molecular weight excluding hydrogens is 352 g/mol. The minimum absolute atomic E-state index is 0.0110. The molecule has 26 heavy (non-hydrogen) atoms. The molecule has 0 fully saturated rings. The van der Waals surface area contributed by atoms with Crippen molar-refractivity contribution in [1.29, 1.82) is 0 Å². The van der Waals surface area contributed by atoms with Crippen LogP contribution in [0.2, 0.25) is 5.02 Å². The maximum atomic E-state index is 12.6. The highest BCUT2D eigenvalue weighted by molar-refractivity contribution is 6.30. The molecule has 1 rings (SSSR count). The van der Waals surface area contributed by atoms with Crippen LogP contribution in [0.15, 0.2) is 35.9 Å². The Morgan fingerprint density at radius 3 is 2.08 bits per heavy atom. The normalized spacial score (nSPS) is 10.3. The van der Waals surface area contributed by atoms with Crippen LogP contribution in [0.4, 0.5) is 0 Å². The summed E-state index contributed by atoms with van der Waals surface area (Å²) in [5.74, 6) is 4.68. The van der Waals surface area contributed by atoms with Gasteiger partial charge in [0.1, 0.15) is 0 Å². The van der Waals surface area contributed by atoms with Gasteiger partial charge in [0.15, 0.2) is 5.41 Å². The number of hydrogen-bond donors (Lipinski definition) is 0. The zero-order valence-electron chi connectivity index (χ0n) is 15.7. The van der Waals surface area contributed by atoms with Crippen molar-refractivity contribution < 1.29 is 19.1 Å². The van der Waals surface area contributed by atoms with Crippen LogP contribution in [0.5, 0.6) is 0 Å². The number of carbonyl (C=O) groups excluding carboxylic acids is 2. The highest BCUT2D eigenvalue weighted by Gasteiger charge is 2.47. The van der Waals surface area contributed by atoms with E-state index in [9.17, 15) is 9.59 Å². The van der Waals surface area contributed by atoms with E-state index in [1.807, 2.05) is 19.9 Å². The van der Waals surface area contributed by atoms with Crippen molar-refractivity contribution in [3.05, 3.63) is 46.5 Å². The summed E-state index contributed by atoms with van der Waals surface area (Å²) in [5.41, 5.74) is 0.273. The van der Waals surface area contributed by atoms with E-state index in [2.05, 4.69) is 11.8 Å². The van der Waals surface area contributed by atoms with Gasteiger partial charge in [0, 0.05) is 17.0 Å². The lowest BCUT2D eigenvalue weighted by Gasteiger charge is -2.26. The topological polar surface area (TPSA) is 52.6 Å². The van der Waals surface area contributed by atoms with Gasteiger partial charge in [-0.05, 0) is 58.4 Å². The molecule has 0 aliphatic carbocycles. The molecule has 0 unspecified atom stereocenters. The highest BCUT2D eigenvalue weighted by Crippen LogP contribution is 2.31. The molecule has 0 N–H and O–H groups in total. The third kappa shape index (κ3) is 6.24. The molecule has 0 aromatic heterocycles. The molecule has 1 aromatic carbocycles. The van der Waals surface area contributed by atoms with Crippen molar-refractivity contribution in [2.75, 3.05) is 13.2 Å². The van der Waals surface area contributed by atoms with Crippen LogP contribution in [-0.4, -0.2) is 25.2 Å². The number of halogens is 1. The molecule has 140 valence electrons. The van der Waals surface area contributed by atoms with Crippen molar-refractivity contribution in [2.45, 2.75) is 40.5 Å². The van der Waals surface area contributed by atoms with Gasteiger partial charge >= 0.3 is 11.9 Å². The fourth-order valence-corrected chi connectivity index (χ4v) is 2.34. The second-order valence-electron chi connectivity index (χ2n) is 5.99. The molecular formula is C21H25ClO4. The Morgan fingerprint density at radius 2 is 1.62 bits per heavy atom. The van der Waals surface area contributed by atoms with E-state index in [1.165, 1.54) is 0 Å². The van der Waals surface area contributed by atoms with Gasteiger partial charge in [-0.2, -0.15) is 0 Å². The van der Waals surface area contributed by atoms with Crippen molar-refractivity contribution >= 4 is 23.5 Å². The predicted octanol–water partition coefficient (Wildman–Crippen LogP) is 4.55. The Morgan fingerprint density at radius 1 is 1.08 bits per heavy atom. The Bertz CT molecular complexity index is 686. The molecule has 0 radical (unpaired) electrons. The summed E-state index contributed by atoms with van der Waals surface area (Å²) >= 11 is 5.86. The summed E-state index contributed by atoms with van der Waals surface area (Å²) in [4.78, 5) is 25.3. The van der Waals surface area contributed by atoms with E-state index < -0.39 is 17.4 Å². The summed E-state index contributed by atoms with van der Waals surface area (Å²) in [5, 5.41) is 0.617. The standard InChI is InChI=1S/C21H25ClO4/c1-5-25-19(23)21(15-13-16(3)4,20(24)26-6-2)14-7-8-17-9-11-18(22)12-10-17/h9-13H,5-6,14-15H2,1-4H3. The summed E-state index contributed by atoms with van der Waals surface area (Å²) in [6, 6.07) is 7.03. The van der Waals surface area contributed by atoms with Crippen LogP contribution in [0.3, 0.4) is 0 Å². The third-order valence-electron chi connectivity index (χ3n) is 3.66. The van der Waals surface area contributed by atoms with E-state index in [4.69, 9.17) is 21.1 Å². The molecule has 4 nitrogen and oxygen atoms in total. The van der Waals surface area contributed by atoms with Gasteiger partial charge in [0.2, 0.25) is 0 Å². The molecule has 0 aliphatic rings. The first-order chi connectivity index (χ1) is 12.4. The van der Waals surface area contributed by atoms with Crippen molar-refractivity contribution in [3.63, 3.8) is 0 Å². The molecule has 0 spiro atoms. The maximum absolute atomic E-state index is 12.6. The van der Waals surface area contributed by atoms with Crippen molar-refractivity contribution in [2.24, 2.45) is 5.41 Å². The lowest BCUT2D eigenvalue weighted by Crippen LogP contribution is -2.41. The summed E-state index contributed by atoms with van der Waals surface area (Å²) in [7, 11) is 0. The summed E-state index contributed by atoms with van der Waals surface area (Å²) in [6.07, 6.45) is 2.02. The number of hydrogen-bond acceptors (Lipinski definition) is 4. The molecule has 0 saturated carbocycles. The Kier molecular flexibility index (Phi) is 8.95. The van der Waals surface area contributed by atoms with E-state index in [0.29, 0.717) is 5.02 Å². The number of ether oxygens (including phenoxy) is 2. The average molecular weight is 377 g/mol. The zero-order valence-corrected chi connectivity index (χ0v) is 16.5. The quantitative estimate of drug-likeness (QED) is 0.303. The third-order valence-corrected chi connectivity index (χ3v) is 3.91. The molecule has 0 saturated heterocycles. The molecule has 0 amide bonds. The van der Waals surface area contributed by atoms with Gasteiger partial charge < -0.3 is 9.47 Å². The fraction of sp³-hybridized carbons (Fsp3) is 0.429. The number of benzene rings is 1. The zero-order chi connectivity index (χ0) is 19.6. The number of esters is 2. The minimum Gasteiger partial charge on any atom is -0.465 e.